The van der Waals surface area contributed by atoms with Crippen molar-refractivity contribution < 1.29 is 9.13 Å². The Bertz CT molecular complexity index is 499. The lowest BCUT2D eigenvalue weighted by Gasteiger charge is -2.07. The van der Waals surface area contributed by atoms with Crippen LogP contribution in [0, 0.1) is 5.82 Å². The first kappa shape index (κ1) is 12.6. The third kappa shape index (κ3) is 3.31. The van der Waals surface area contributed by atoms with Crippen LogP contribution in [-0.2, 0) is 13.1 Å². The minimum absolute atomic E-state index is 0.286. The average molecular weight is 245 g/mol. The summed E-state index contributed by atoms with van der Waals surface area (Å²) in [5, 5.41) is 3.31. The van der Waals surface area contributed by atoms with Gasteiger partial charge in [-0.1, -0.05) is 36.4 Å². The van der Waals surface area contributed by atoms with Gasteiger partial charge in [0.05, 0.1) is 7.11 Å². The number of ether oxygens (including phenoxy) is 1. The van der Waals surface area contributed by atoms with Crippen LogP contribution in [0.5, 0.6) is 5.75 Å². The van der Waals surface area contributed by atoms with Gasteiger partial charge in [-0.05, 0) is 23.3 Å². The van der Waals surface area contributed by atoms with Gasteiger partial charge in [-0.15, -0.1) is 0 Å². The number of nitrogens with one attached hydrogen (secondary N) is 1. The van der Waals surface area contributed by atoms with Gasteiger partial charge >= 0.3 is 0 Å². The summed E-state index contributed by atoms with van der Waals surface area (Å²) in [6, 6.07) is 15.1. The van der Waals surface area contributed by atoms with E-state index in [4.69, 9.17) is 4.74 Å². The quantitative estimate of drug-likeness (QED) is 0.873. The third-order valence-electron chi connectivity index (χ3n) is 2.72. The van der Waals surface area contributed by atoms with E-state index in [0.717, 1.165) is 12.1 Å². The predicted octanol–water partition coefficient (Wildman–Crippen LogP) is 3.12. The summed E-state index contributed by atoms with van der Waals surface area (Å²) in [5.74, 6) is -0.0432. The molecule has 0 aliphatic carbocycles. The molecule has 3 heteroatoms. The molecular weight excluding hydrogens is 229 g/mol. The second kappa shape index (κ2) is 6.17. The molecule has 2 rings (SSSR count). The Morgan fingerprint density at radius 3 is 2.44 bits per heavy atom. The minimum Gasteiger partial charge on any atom is -0.494 e. The Morgan fingerprint density at radius 2 is 1.72 bits per heavy atom. The molecule has 0 saturated heterocycles. The van der Waals surface area contributed by atoms with Crippen LogP contribution in [0.3, 0.4) is 0 Å². The second-order valence-electron chi connectivity index (χ2n) is 4.06. The van der Waals surface area contributed by atoms with E-state index in [0.29, 0.717) is 6.54 Å². The zero-order chi connectivity index (χ0) is 12.8. The standard InChI is InChI=1S/C15H16FNO/c1-18-15-9-13(7-8-14(15)16)11-17-10-12-5-3-2-4-6-12/h2-9,17H,10-11H2,1H3. The maximum atomic E-state index is 13.2. The molecule has 94 valence electrons. The van der Waals surface area contributed by atoms with Gasteiger partial charge in [-0.3, -0.25) is 0 Å². The van der Waals surface area contributed by atoms with E-state index in [1.165, 1.54) is 18.7 Å². The molecular formula is C15H16FNO. The van der Waals surface area contributed by atoms with Gasteiger partial charge in [-0.2, -0.15) is 0 Å². The van der Waals surface area contributed by atoms with Gasteiger partial charge in [-0.25, -0.2) is 4.39 Å². The normalized spacial score (nSPS) is 10.3. The molecule has 0 atom stereocenters. The van der Waals surface area contributed by atoms with E-state index >= 15 is 0 Å². The van der Waals surface area contributed by atoms with Gasteiger partial charge in [0.25, 0.3) is 0 Å². The summed E-state index contributed by atoms with van der Waals surface area (Å²) in [6.45, 7) is 1.48. The first-order valence-corrected chi connectivity index (χ1v) is 5.86. The Balaban J connectivity index is 1.91. The molecule has 0 amide bonds. The zero-order valence-electron chi connectivity index (χ0n) is 10.3. The fraction of sp³-hybridized carbons (Fsp3) is 0.200. The van der Waals surface area contributed by atoms with Crippen molar-refractivity contribution in [2.24, 2.45) is 0 Å². The number of benzene rings is 2. The van der Waals surface area contributed by atoms with Crippen LogP contribution in [0.15, 0.2) is 48.5 Å². The molecule has 2 aromatic rings. The Morgan fingerprint density at radius 1 is 1.00 bits per heavy atom. The van der Waals surface area contributed by atoms with Crippen molar-refractivity contribution in [1.82, 2.24) is 5.32 Å². The van der Waals surface area contributed by atoms with Crippen molar-refractivity contribution in [2.45, 2.75) is 13.1 Å². The zero-order valence-corrected chi connectivity index (χ0v) is 10.3. The number of halogens is 1. The highest BCUT2D eigenvalue weighted by Gasteiger charge is 2.03. The summed E-state index contributed by atoms with van der Waals surface area (Å²) >= 11 is 0. The topological polar surface area (TPSA) is 21.3 Å². The highest BCUT2D eigenvalue weighted by Crippen LogP contribution is 2.18. The van der Waals surface area contributed by atoms with Crippen molar-refractivity contribution in [3.8, 4) is 5.75 Å². The van der Waals surface area contributed by atoms with Gasteiger partial charge in [0, 0.05) is 13.1 Å². The van der Waals surface area contributed by atoms with Crippen LogP contribution in [0.4, 0.5) is 4.39 Å². The van der Waals surface area contributed by atoms with E-state index in [-0.39, 0.29) is 11.6 Å². The molecule has 0 saturated carbocycles. The molecule has 0 aliphatic rings. The lowest BCUT2D eigenvalue weighted by Crippen LogP contribution is -2.12. The smallest absolute Gasteiger partial charge is 0.165 e. The summed E-state index contributed by atoms with van der Waals surface area (Å²) in [6.07, 6.45) is 0. The minimum atomic E-state index is -0.329. The highest BCUT2D eigenvalue weighted by molar-refractivity contribution is 5.30. The summed E-state index contributed by atoms with van der Waals surface area (Å²) < 4.78 is 18.2. The molecule has 18 heavy (non-hydrogen) atoms. The molecule has 0 bridgehead atoms. The number of hydrogen-bond acceptors (Lipinski definition) is 2. The lowest BCUT2D eigenvalue weighted by molar-refractivity contribution is 0.385. The monoisotopic (exact) mass is 245 g/mol. The van der Waals surface area contributed by atoms with Crippen LogP contribution < -0.4 is 10.1 Å². The highest BCUT2D eigenvalue weighted by atomic mass is 19.1. The van der Waals surface area contributed by atoms with E-state index in [1.807, 2.05) is 18.2 Å². The third-order valence-corrected chi connectivity index (χ3v) is 2.72. The molecule has 2 aromatic carbocycles. The fourth-order valence-corrected chi connectivity index (χ4v) is 1.76. The summed E-state index contributed by atoms with van der Waals surface area (Å²) in [4.78, 5) is 0. The van der Waals surface area contributed by atoms with Crippen LogP contribution in [0.25, 0.3) is 0 Å². The van der Waals surface area contributed by atoms with E-state index in [2.05, 4.69) is 17.4 Å². The van der Waals surface area contributed by atoms with Gasteiger partial charge in [0.15, 0.2) is 11.6 Å². The maximum Gasteiger partial charge on any atom is 0.165 e. The average Bonchev–Trinajstić information content (AvgIpc) is 2.42. The maximum absolute atomic E-state index is 13.2. The van der Waals surface area contributed by atoms with Crippen molar-refractivity contribution >= 4 is 0 Å². The van der Waals surface area contributed by atoms with E-state index in [9.17, 15) is 4.39 Å². The molecule has 0 heterocycles. The molecule has 0 aromatic heterocycles. The Labute approximate surface area is 106 Å². The van der Waals surface area contributed by atoms with E-state index < -0.39 is 0 Å². The molecule has 0 fully saturated rings. The van der Waals surface area contributed by atoms with Crippen molar-refractivity contribution in [3.63, 3.8) is 0 Å². The molecule has 0 spiro atoms. The largest absolute Gasteiger partial charge is 0.494 e. The van der Waals surface area contributed by atoms with Crippen LogP contribution in [0.1, 0.15) is 11.1 Å². The SMILES string of the molecule is COc1cc(CNCc2ccccc2)ccc1F. The van der Waals surface area contributed by atoms with Crippen molar-refractivity contribution in [1.29, 1.82) is 0 Å². The van der Waals surface area contributed by atoms with Gasteiger partial charge in [0.1, 0.15) is 0 Å². The first-order valence-electron chi connectivity index (χ1n) is 5.86. The van der Waals surface area contributed by atoms with Crippen molar-refractivity contribution in [3.05, 3.63) is 65.5 Å². The molecule has 2 nitrogen and oxygen atoms in total. The van der Waals surface area contributed by atoms with Gasteiger partial charge in [0.2, 0.25) is 0 Å². The fourth-order valence-electron chi connectivity index (χ4n) is 1.76. The van der Waals surface area contributed by atoms with Crippen molar-refractivity contribution in [2.75, 3.05) is 7.11 Å². The summed E-state index contributed by atoms with van der Waals surface area (Å²) in [5.41, 5.74) is 2.23. The van der Waals surface area contributed by atoms with Crippen LogP contribution in [-0.4, -0.2) is 7.11 Å². The van der Waals surface area contributed by atoms with Gasteiger partial charge < -0.3 is 10.1 Å². The number of hydrogen-bond donors (Lipinski definition) is 1. The molecule has 0 aliphatic heterocycles. The Kier molecular flexibility index (Phi) is 4.31. The molecule has 1 N–H and O–H groups in total. The molecule has 0 unspecified atom stereocenters. The molecule has 0 radical (unpaired) electrons. The number of methoxy groups -OCH3 is 1. The predicted molar refractivity (Wildman–Crippen MR) is 69.9 cm³/mol. The lowest BCUT2D eigenvalue weighted by atomic mass is 10.2. The Hall–Kier alpha value is -1.87. The summed E-state index contributed by atoms with van der Waals surface area (Å²) in [7, 11) is 1.47. The first-order chi connectivity index (χ1) is 8.79. The second-order valence-corrected chi connectivity index (χ2v) is 4.06. The van der Waals surface area contributed by atoms with Crippen LogP contribution >= 0.6 is 0 Å². The van der Waals surface area contributed by atoms with Crippen LogP contribution in [0.2, 0.25) is 0 Å². The van der Waals surface area contributed by atoms with E-state index in [1.54, 1.807) is 12.1 Å². The number of rotatable bonds is 5.